The average molecular weight is 393 g/mol. The van der Waals surface area contributed by atoms with Crippen LogP contribution in [0, 0.1) is 11.8 Å². The van der Waals surface area contributed by atoms with Crippen LogP contribution in [0.15, 0.2) is 24.5 Å². The van der Waals surface area contributed by atoms with Crippen LogP contribution in [0.2, 0.25) is 0 Å². The number of carbonyl (C=O) groups is 3. The number of hydrogen-bond acceptors (Lipinski definition) is 5. The van der Waals surface area contributed by atoms with Crippen molar-refractivity contribution in [1.82, 2.24) is 10.3 Å². The van der Waals surface area contributed by atoms with Crippen molar-refractivity contribution in [3.05, 3.63) is 30.1 Å². The van der Waals surface area contributed by atoms with E-state index in [-0.39, 0.29) is 18.1 Å². The van der Waals surface area contributed by atoms with Gasteiger partial charge in [0.25, 0.3) is 0 Å². The number of nitrogens with zero attached hydrogens (tertiary/aromatic N) is 1. The number of pyridine rings is 1. The normalized spacial score (nSPS) is 15.4. The van der Waals surface area contributed by atoms with Crippen LogP contribution in [0.1, 0.15) is 55.3 Å². The fraction of sp³-hybridized carbons (Fsp3) is 0.600. The molecule has 1 atom stereocenters. The first kappa shape index (κ1) is 21.4. The Labute approximate surface area is 164 Å². The van der Waals surface area contributed by atoms with Crippen LogP contribution in [0.25, 0.3) is 0 Å². The van der Waals surface area contributed by atoms with E-state index < -0.39 is 11.9 Å². The van der Waals surface area contributed by atoms with Gasteiger partial charge in [-0.1, -0.05) is 25.7 Å². The van der Waals surface area contributed by atoms with Crippen molar-refractivity contribution in [2.75, 3.05) is 18.1 Å². The Morgan fingerprint density at radius 3 is 2.74 bits per heavy atom. The lowest BCUT2D eigenvalue weighted by atomic mass is 9.97. The molecule has 0 radical (unpaired) electrons. The van der Waals surface area contributed by atoms with Crippen LogP contribution < -0.4 is 5.32 Å². The molecule has 1 unspecified atom stereocenters. The fourth-order valence-corrected chi connectivity index (χ4v) is 4.36. The fourth-order valence-electron chi connectivity index (χ4n) is 3.39. The second-order valence-corrected chi connectivity index (χ2v) is 8.16. The number of amides is 1. The van der Waals surface area contributed by atoms with E-state index in [1.165, 1.54) is 43.6 Å². The number of thioether (sulfide) groups is 1. The van der Waals surface area contributed by atoms with Crippen molar-refractivity contribution in [3.8, 4) is 0 Å². The maximum Gasteiger partial charge on any atom is 0.304 e. The smallest absolute Gasteiger partial charge is 0.304 e. The molecule has 1 aromatic rings. The van der Waals surface area contributed by atoms with Crippen molar-refractivity contribution < 1.29 is 19.5 Å². The molecule has 1 fully saturated rings. The van der Waals surface area contributed by atoms with Gasteiger partial charge in [-0.15, -0.1) is 0 Å². The topological polar surface area (TPSA) is 96.4 Å². The molecule has 1 saturated carbocycles. The molecule has 1 amide bonds. The first-order valence-electron chi connectivity index (χ1n) is 9.56. The zero-order valence-electron chi connectivity index (χ0n) is 15.6. The molecule has 7 heteroatoms. The number of hydrogen-bond donors (Lipinski definition) is 2. The Hall–Kier alpha value is -1.89. The zero-order chi connectivity index (χ0) is 19.5. The summed E-state index contributed by atoms with van der Waals surface area (Å²) in [4.78, 5) is 39.3. The van der Waals surface area contributed by atoms with Crippen molar-refractivity contribution in [1.29, 1.82) is 0 Å². The number of rotatable bonds is 12. The monoisotopic (exact) mass is 392 g/mol. The Bertz CT molecular complexity index is 618. The van der Waals surface area contributed by atoms with Gasteiger partial charge in [-0.05, 0) is 24.5 Å². The minimum atomic E-state index is -0.988. The summed E-state index contributed by atoms with van der Waals surface area (Å²) in [6, 6.07) is 3.32. The Morgan fingerprint density at radius 2 is 2.07 bits per heavy atom. The van der Waals surface area contributed by atoms with E-state index in [0.717, 1.165) is 6.42 Å². The Kier molecular flexibility index (Phi) is 9.31. The summed E-state index contributed by atoms with van der Waals surface area (Å²) in [6.45, 7) is 0.537. The molecule has 1 aromatic heterocycles. The molecule has 1 heterocycles. The molecule has 27 heavy (non-hydrogen) atoms. The molecular formula is C20H28N2O4S. The second-order valence-electron chi connectivity index (χ2n) is 7.01. The molecule has 0 spiro atoms. The van der Waals surface area contributed by atoms with E-state index in [0.29, 0.717) is 36.0 Å². The summed E-state index contributed by atoms with van der Waals surface area (Å²) in [5.41, 5.74) is 0.435. The third kappa shape index (κ3) is 8.12. The van der Waals surface area contributed by atoms with Gasteiger partial charge in [-0.2, -0.15) is 11.8 Å². The number of aromatic nitrogens is 1. The highest BCUT2D eigenvalue weighted by molar-refractivity contribution is 7.99. The van der Waals surface area contributed by atoms with Crippen LogP contribution in [-0.2, 0) is 9.59 Å². The number of carboxylic acid groups (broad SMARTS) is 1. The van der Waals surface area contributed by atoms with Gasteiger partial charge in [-0.3, -0.25) is 19.4 Å². The lowest BCUT2D eigenvalue weighted by molar-refractivity contribution is -0.137. The first-order chi connectivity index (χ1) is 13.1. The predicted octanol–water partition coefficient (Wildman–Crippen LogP) is 3.18. The lowest BCUT2D eigenvalue weighted by Gasteiger charge is -2.14. The Morgan fingerprint density at radius 1 is 1.30 bits per heavy atom. The van der Waals surface area contributed by atoms with Crippen LogP contribution in [-0.4, -0.2) is 45.8 Å². The second kappa shape index (κ2) is 11.7. The summed E-state index contributed by atoms with van der Waals surface area (Å²) in [5.74, 6) is 0.0895. The summed E-state index contributed by atoms with van der Waals surface area (Å²) in [6.07, 6.45) is 9.47. The summed E-state index contributed by atoms with van der Waals surface area (Å²) in [7, 11) is 0. The average Bonchev–Trinajstić information content (AvgIpc) is 3.18. The molecule has 0 aliphatic heterocycles. The number of ketones is 1. The van der Waals surface area contributed by atoms with E-state index in [1.54, 1.807) is 18.3 Å². The molecule has 2 N–H and O–H groups in total. The van der Waals surface area contributed by atoms with Gasteiger partial charge in [0.05, 0.1) is 6.42 Å². The van der Waals surface area contributed by atoms with Crippen molar-refractivity contribution in [2.24, 2.45) is 11.8 Å². The molecule has 0 aromatic carbocycles. The van der Waals surface area contributed by atoms with Gasteiger partial charge in [0.2, 0.25) is 5.91 Å². The molecule has 148 valence electrons. The van der Waals surface area contributed by atoms with E-state index in [9.17, 15) is 14.4 Å². The van der Waals surface area contributed by atoms with Crippen LogP contribution in [0.3, 0.4) is 0 Å². The van der Waals surface area contributed by atoms with E-state index in [1.807, 2.05) is 0 Å². The van der Waals surface area contributed by atoms with Crippen molar-refractivity contribution in [3.63, 3.8) is 0 Å². The SMILES string of the molecule is O=C(O)CC(CSCCNC(=O)CCC1CCCC1)C(=O)c1cccnc1. The third-order valence-corrected chi connectivity index (χ3v) is 6.01. The third-order valence-electron chi connectivity index (χ3n) is 4.88. The number of carbonyl (C=O) groups excluding carboxylic acids is 2. The summed E-state index contributed by atoms with van der Waals surface area (Å²) >= 11 is 1.49. The van der Waals surface area contributed by atoms with Gasteiger partial charge in [0.15, 0.2) is 5.78 Å². The van der Waals surface area contributed by atoms with Crippen molar-refractivity contribution in [2.45, 2.75) is 44.9 Å². The highest BCUT2D eigenvalue weighted by Crippen LogP contribution is 2.28. The highest BCUT2D eigenvalue weighted by atomic mass is 32.2. The Balaban J connectivity index is 1.66. The summed E-state index contributed by atoms with van der Waals surface area (Å²) in [5, 5.41) is 12.0. The minimum absolute atomic E-state index is 0.0797. The largest absolute Gasteiger partial charge is 0.481 e. The lowest BCUT2D eigenvalue weighted by Crippen LogP contribution is -2.27. The van der Waals surface area contributed by atoms with Crippen LogP contribution >= 0.6 is 11.8 Å². The van der Waals surface area contributed by atoms with Crippen molar-refractivity contribution >= 4 is 29.4 Å². The maximum absolute atomic E-state index is 12.5. The summed E-state index contributed by atoms with van der Waals surface area (Å²) < 4.78 is 0. The number of Topliss-reactive ketones (excluding diaryl/α,β-unsaturated/α-hetero) is 1. The van der Waals surface area contributed by atoms with E-state index >= 15 is 0 Å². The van der Waals surface area contributed by atoms with Gasteiger partial charge in [0.1, 0.15) is 0 Å². The molecule has 0 saturated heterocycles. The molecule has 6 nitrogen and oxygen atoms in total. The predicted molar refractivity (Wildman–Crippen MR) is 106 cm³/mol. The first-order valence-corrected chi connectivity index (χ1v) is 10.7. The van der Waals surface area contributed by atoms with Crippen LogP contribution in [0.4, 0.5) is 0 Å². The van der Waals surface area contributed by atoms with Gasteiger partial charge in [0, 0.05) is 48.3 Å². The molecule has 0 bridgehead atoms. The number of nitrogens with one attached hydrogen (secondary N) is 1. The highest BCUT2D eigenvalue weighted by Gasteiger charge is 2.23. The molecular weight excluding hydrogens is 364 g/mol. The standard InChI is InChI=1S/C20H28N2O4S/c23-18(8-7-15-4-1-2-5-15)22-10-11-27-14-17(12-19(24)25)20(26)16-6-3-9-21-13-16/h3,6,9,13,15,17H,1-2,4-5,7-8,10-12,14H2,(H,22,23)(H,24,25). The zero-order valence-corrected chi connectivity index (χ0v) is 16.4. The van der Waals surface area contributed by atoms with E-state index in [2.05, 4.69) is 10.3 Å². The molecule has 1 aliphatic rings. The quantitative estimate of drug-likeness (QED) is 0.419. The van der Waals surface area contributed by atoms with E-state index in [4.69, 9.17) is 5.11 Å². The van der Waals surface area contributed by atoms with Gasteiger partial charge in [-0.25, -0.2) is 0 Å². The number of aliphatic carboxylic acids is 1. The van der Waals surface area contributed by atoms with Crippen LogP contribution in [0.5, 0.6) is 0 Å². The maximum atomic E-state index is 12.5. The molecule has 2 rings (SSSR count). The van der Waals surface area contributed by atoms with Gasteiger partial charge < -0.3 is 10.4 Å². The van der Waals surface area contributed by atoms with Gasteiger partial charge >= 0.3 is 5.97 Å². The minimum Gasteiger partial charge on any atom is -0.481 e. The number of carboxylic acids is 1. The molecule has 1 aliphatic carbocycles.